The molecule has 1 amide bonds. The van der Waals surface area contributed by atoms with Gasteiger partial charge in [-0.25, -0.2) is 4.79 Å². The topological polar surface area (TPSA) is 38.3 Å². The molecule has 0 rings (SSSR count). The summed E-state index contributed by atoms with van der Waals surface area (Å²) in [5.41, 5.74) is 0. The summed E-state index contributed by atoms with van der Waals surface area (Å²) in [6, 6.07) is 0. The molecule has 3 heteroatoms. The number of alkyl carbamates (subject to hydrolysis) is 1. The summed E-state index contributed by atoms with van der Waals surface area (Å²) in [5, 5.41) is 2.25. The molecule has 0 unspecified atom stereocenters. The maximum Gasteiger partial charge on any atom is 0.406 e. The molecule has 0 aliphatic carbocycles. The van der Waals surface area contributed by atoms with Crippen LogP contribution in [-0.2, 0) is 4.74 Å². The second-order valence-corrected chi connectivity index (χ2v) is 0.742. The van der Waals surface area contributed by atoms with E-state index in [-0.39, 0.29) is 7.43 Å². The van der Waals surface area contributed by atoms with Crippen LogP contribution in [0, 0.1) is 0 Å². The molecule has 44 valence electrons. The highest BCUT2D eigenvalue weighted by molar-refractivity contribution is 5.66. The van der Waals surface area contributed by atoms with Crippen molar-refractivity contribution in [3.8, 4) is 0 Å². The quantitative estimate of drug-likeness (QED) is 0.490. The van der Waals surface area contributed by atoms with Crippen molar-refractivity contribution in [2.45, 2.75) is 7.43 Å². The number of carbonyl (C=O) groups excluding carboxylic acids is 1. The molecule has 0 aromatic rings. The normalized spacial score (nSPS) is 6.00. The van der Waals surface area contributed by atoms with Crippen molar-refractivity contribution in [1.82, 2.24) is 5.32 Å². The smallest absolute Gasteiger partial charge is 0.406 e. The van der Waals surface area contributed by atoms with Gasteiger partial charge in [0.25, 0.3) is 0 Å². The van der Waals surface area contributed by atoms with Gasteiger partial charge in [0.2, 0.25) is 0 Å². The van der Waals surface area contributed by atoms with Crippen LogP contribution < -0.4 is 5.32 Å². The van der Waals surface area contributed by atoms with Gasteiger partial charge in [0.1, 0.15) is 0 Å². The molecule has 0 atom stereocenters. The highest BCUT2D eigenvalue weighted by atomic mass is 16.5. The van der Waals surface area contributed by atoms with E-state index >= 15 is 0 Å². The predicted molar refractivity (Wildman–Crippen MR) is 28.2 cm³/mol. The molecule has 1 N–H and O–H groups in total. The van der Waals surface area contributed by atoms with Gasteiger partial charge >= 0.3 is 6.09 Å². The molecule has 0 aromatic heterocycles. The molecule has 0 aromatic carbocycles. The fourth-order valence-corrected chi connectivity index (χ4v) is 0.102. The lowest BCUT2D eigenvalue weighted by atomic mass is 11.1. The Balaban J connectivity index is 0. The molecule has 0 bridgehead atoms. The lowest BCUT2D eigenvalue weighted by Gasteiger charge is -1.90. The van der Waals surface area contributed by atoms with Crippen LogP contribution in [-0.4, -0.2) is 20.3 Å². The van der Waals surface area contributed by atoms with E-state index in [1.807, 2.05) is 0 Å². The van der Waals surface area contributed by atoms with Crippen LogP contribution in [0.3, 0.4) is 0 Å². The average Bonchev–Trinajstić information content (AvgIpc) is 1.65. The molecule has 0 fully saturated rings. The van der Waals surface area contributed by atoms with Crippen molar-refractivity contribution in [2.24, 2.45) is 0 Å². The third-order valence-electron chi connectivity index (χ3n) is 0.390. The van der Waals surface area contributed by atoms with Crippen LogP contribution in [0.5, 0.6) is 0 Å². The second-order valence-electron chi connectivity index (χ2n) is 0.742. The molecule has 7 heavy (non-hydrogen) atoms. The summed E-state index contributed by atoms with van der Waals surface area (Å²) >= 11 is 0. The van der Waals surface area contributed by atoms with Gasteiger partial charge in [0.05, 0.1) is 7.11 Å². The lowest BCUT2D eigenvalue weighted by molar-refractivity contribution is 0.173. The molecule has 0 radical (unpaired) electrons. The minimum Gasteiger partial charge on any atom is -0.453 e. The maximum atomic E-state index is 9.85. The summed E-state index contributed by atoms with van der Waals surface area (Å²) in [7, 11) is 2.82. The number of hydrogen-bond donors (Lipinski definition) is 1. The third-order valence-corrected chi connectivity index (χ3v) is 0.390. The Kier molecular flexibility index (Phi) is 7.19. The van der Waals surface area contributed by atoms with Gasteiger partial charge < -0.3 is 10.1 Å². The zero-order chi connectivity index (χ0) is 4.99. The highest BCUT2D eigenvalue weighted by Crippen LogP contribution is 1.62. The fraction of sp³-hybridized carbons (Fsp3) is 0.750. The molecule has 0 spiro atoms. The molecular weight excluding hydrogens is 94.0 g/mol. The van der Waals surface area contributed by atoms with Crippen molar-refractivity contribution >= 4 is 6.09 Å². The van der Waals surface area contributed by atoms with Crippen LogP contribution in [0.25, 0.3) is 0 Å². The first kappa shape index (κ1) is 9.55. The summed E-state index contributed by atoms with van der Waals surface area (Å²) in [5.74, 6) is 0. The van der Waals surface area contributed by atoms with Gasteiger partial charge in [-0.15, -0.1) is 0 Å². The third kappa shape index (κ3) is 5.27. The first-order chi connectivity index (χ1) is 2.81. The highest BCUT2D eigenvalue weighted by Gasteiger charge is 1.85. The Morgan fingerprint density at radius 3 is 2.14 bits per heavy atom. The number of rotatable bonds is 0. The zero-order valence-corrected chi connectivity index (χ0v) is 3.82. The number of nitrogens with one attached hydrogen (secondary N) is 1. The first-order valence-electron chi connectivity index (χ1n) is 1.57. The predicted octanol–water partition coefficient (Wildman–Crippen LogP) is 0.608. The number of carbonyl (C=O) groups is 1. The summed E-state index contributed by atoms with van der Waals surface area (Å²) in [4.78, 5) is 9.85. The van der Waals surface area contributed by atoms with Crippen molar-refractivity contribution in [2.75, 3.05) is 14.2 Å². The van der Waals surface area contributed by atoms with E-state index in [1.54, 1.807) is 0 Å². The van der Waals surface area contributed by atoms with Gasteiger partial charge in [-0.2, -0.15) is 0 Å². The van der Waals surface area contributed by atoms with E-state index < -0.39 is 6.09 Å². The van der Waals surface area contributed by atoms with Gasteiger partial charge in [0.15, 0.2) is 0 Å². The van der Waals surface area contributed by atoms with Crippen molar-refractivity contribution in [1.29, 1.82) is 0 Å². The van der Waals surface area contributed by atoms with Crippen LogP contribution in [0.2, 0.25) is 0 Å². The first-order valence-corrected chi connectivity index (χ1v) is 1.57. The van der Waals surface area contributed by atoms with Gasteiger partial charge in [-0.05, 0) is 0 Å². The monoisotopic (exact) mass is 105 g/mol. The van der Waals surface area contributed by atoms with E-state index in [0.29, 0.717) is 0 Å². The van der Waals surface area contributed by atoms with Crippen LogP contribution in [0.4, 0.5) is 4.79 Å². The van der Waals surface area contributed by atoms with E-state index in [0.717, 1.165) is 0 Å². The number of hydrogen-bond acceptors (Lipinski definition) is 2. The average molecular weight is 105 g/mol. The van der Waals surface area contributed by atoms with Crippen molar-refractivity contribution < 1.29 is 9.53 Å². The molecule has 0 aliphatic heterocycles. The van der Waals surface area contributed by atoms with Crippen molar-refractivity contribution in [3.05, 3.63) is 0 Å². The largest absolute Gasteiger partial charge is 0.453 e. The lowest BCUT2D eigenvalue weighted by Crippen LogP contribution is -2.16. The number of ether oxygens (including phenoxy) is 1. The summed E-state index contributed by atoms with van der Waals surface area (Å²) in [6.07, 6.45) is -0.407. The SMILES string of the molecule is C.CNC(=O)OC. The second kappa shape index (κ2) is 5.27. The Bertz CT molecular complexity index is 47.7. The van der Waals surface area contributed by atoms with E-state index in [4.69, 9.17) is 0 Å². The van der Waals surface area contributed by atoms with Gasteiger partial charge in [-0.3, -0.25) is 0 Å². The molecular formula is C4H11NO2. The fourth-order valence-electron chi connectivity index (χ4n) is 0.102. The van der Waals surface area contributed by atoms with E-state index in [9.17, 15) is 4.79 Å². The number of methoxy groups -OCH3 is 1. The number of amides is 1. The zero-order valence-electron chi connectivity index (χ0n) is 3.82. The minimum atomic E-state index is -0.407. The standard InChI is InChI=1S/C3H7NO2.CH4/c1-4-3(5)6-2;/h1-2H3,(H,4,5);1H4. The molecule has 0 heterocycles. The van der Waals surface area contributed by atoms with Gasteiger partial charge in [0, 0.05) is 7.05 Å². The van der Waals surface area contributed by atoms with Crippen LogP contribution in [0.1, 0.15) is 7.43 Å². The van der Waals surface area contributed by atoms with Crippen LogP contribution >= 0.6 is 0 Å². The Labute approximate surface area is 43.7 Å². The van der Waals surface area contributed by atoms with Crippen LogP contribution in [0.15, 0.2) is 0 Å². The maximum absolute atomic E-state index is 9.85. The Morgan fingerprint density at radius 2 is 2.14 bits per heavy atom. The molecule has 0 aliphatic rings. The molecule has 0 saturated heterocycles. The summed E-state index contributed by atoms with van der Waals surface area (Å²) in [6.45, 7) is 0. The molecule has 0 saturated carbocycles. The van der Waals surface area contributed by atoms with E-state index in [1.165, 1.54) is 14.2 Å². The molecule has 3 nitrogen and oxygen atoms in total. The Morgan fingerprint density at radius 1 is 1.71 bits per heavy atom. The Hall–Kier alpha value is -0.730. The minimum absolute atomic E-state index is 0. The van der Waals surface area contributed by atoms with Crippen molar-refractivity contribution in [3.63, 3.8) is 0 Å². The summed E-state index contributed by atoms with van der Waals surface area (Å²) < 4.78 is 4.15. The van der Waals surface area contributed by atoms with Gasteiger partial charge in [-0.1, -0.05) is 7.43 Å². The van der Waals surface area contributed by atoms with E-state index in [2.05, 4.69) is 10.1 Å².